The molecule has 1 aliphatic rings. The summed E-state index contributed by atoms with van der Waals surface area (Å²) < 4.78 is 7.58. The Bertz CT molecular complexity index is 796. The number of benzene rings is 1. The van der Waals surface area contributed by atoms with Crippen molar-refractivity contribution >= 4 is 29.3 Å². The minimum Gasteiger partial charge on any atom is -0.486 e. The van der Waals surface area contributed by atoms with Gasteiger partial charge in [-0.25, -0.2) is 0 Å². The summed E-state index contributed by atoms with van der Waals surface area (Å²) in [6.07, 6.45) is 3.50. The Balaban J connectivity index is 1.48. The number of nitrogens with one attached hydrogen (secondary N) is 1. The van der Waals surface area contributed by atoms with Crippen molar-refractivity contribution < 1.29 is 9.53 Å². The highest BCUT2D eigenvalue weighted by molar-refractivity contribution is 7.99. The Morgan fingerprint density at radius 2 is 2.04 bits per heavy atom. The van der Waals surface area contributed by atoms with Crippen LogP contribution in [0.4, 0.5) is 0 Å². The molecule has 1 aliphatic carbocycles. The van der Waals surface area contributed by atoms with E-state index in [1.165, 1.54) is 24.6 Å². The highest BCUT2D eigenvalue weighted by atomic mass is 35.5. The normalized spacial score (nSPS) is 22.1. The van der Waals surface area contributed by atoms with Gasteiger partial charge >= 0.3 is 0 Å². The van der Waals surface area contributed by atoms with Gasteiger partial charge in [0.1, 0.15) is 12.4 Å². The lowest BCUT2D eigenvalue weighted by Crippen LogP contribution is -2.44. The summed E-state index contributed by atoms with van der Waals surface area (Å²) >= 11 is 7.27. The summed E-state index contributed by atoms with van der Waals surface area (Å²) in [7, 11) is 1.88. The van der Waals surface area contributed by atoms with E-state index in [-0.39, 0.29) is 11.9 Å². The highest BCUT2D eigenvalue weighted by Crippen LogP contribution is 2.29. The van der Waals surface area contributed by atoms with Crippen molar-refractivity contribution in [3.05, 3.63) is 35.1 Å². The molecular formula is C20H27ClN4O2S. The fraction of sp³-hybridized carbons (Fsp3) is 0.550. The number of aromatic nitrogens is 3. The topological polar surface area (TPSA) is 69.0 Å². The molecule has 152 valence electrons. The first-order valence-corrected chi connectivity index (χ1v) is 11.0. The first kappa shape index (κ1) is 21.0. The van der Waals surface area contributed by atoms with Crippen molar-refractivity contribution in [2.75, 3.05) is 5.75 Å². The Morgan fingerprint density at radius 3 is 2.79 bits per heavy atom. The smallest absolute Gasteiger partial charge is 0.230 e. The van der Waals surface area contributed by atoms with Crippen molar-refractivity contribution in [1.82, 2.24) is 20.1 Å². The Labute approximate surface area is 175 Å². The van der Waals surface area contributed by atoms with Gasteiger partial charge in [-0.1, -0.05) is 50.1 Å². The zero-order valence-electron chi connectivity index (χ0n) is 16.5. The molecule has 1 aromatic carbocycles. The minimum absolute atomic E-state index is 0.0536. The molecule has 1 aromatic heterocycles. The van der Waals surface area contributed by atoms with Gasteiger partial charge in [0.25, 0.3) is 0 Å². The van der Waals surface area contributed by atoms with E-state index in [0.717, 1.165) is 12.2 Å². The zero-order chi connectivity index (χ0) is 20.1. The van der Waals surface area contributed by atoms with Gasteiger partial charge in [-0.3, -0.25) is 4.79 Å². The maximum atomic E-state index is 12.4. The van der Waals surface area contributed by atoms with E-state index in [4.69, 9.17) is 16.3 Å². The number of hydrogen-bond donors (Lipinski definition) is 1. The molecule has 0 radical (unpaired) electrons. The number of amides is 1. The molecule has 28 heavy (non-hydrogen) atoms. The quantitative estimate of drug-likeness (QED) is 0.681. The SMILES string of the molecule is C[C@@H]1[C@H](C)CCC[C@H]1NC(=O)CSc1nnc(COc2ccc(Cl)cc2)n1C. The third kappa shape index (κ3) is 5.41. The second kappa shape index (κ2) is 9.65. The lowest BCUT2D eigenvalue weighted by molar-refractivity contribution is -0.120. The standard InChI is InChI=1S/C20H27ClN4O2S/c1-13-5-4-6-17(14(13)2)22-19(26)12-28-20-24-23-18(25(20)3)11-27-16-9-7-15(21)8-10-16/h7-10,13-14,17H,4-6,11-12H2,1-3H3,(H,22,26)/t13-,14-,17-/m1/s1. The number of carbonyl (C=O) groups is 1. The van der Waals surface area contributed by atoms with Gasteiger partial charge < -0.3 is 14.6 Å². The van der Waals surface area contributed by atoms with Crippen LogP contribution in [0.2, 0.25) is 5.02 Å². The number of carbonyl (C=O) groups excluding carboxylic acids is 1. The van der Waals surface area contributed by atoms with Gasteiger partial charge in [0.2, 0.25) is 5.91 Å². The Morgan fingerprint density at radius 1 is 1.29 bits per heavy atom. The molecule has 1 amide bonds. The molecule has 2 aromatic rings. The summed E-state index contributed by atoms with van der Waals surface area (Å²) in [6.45, 7) is 4.80. The molecule has 0 saturated heterocycles. The lowest BCUT2D eigenvalue weighted by Gasteiger charge is -2.34. The van der Waals surface area contributed by atoms with Crippen LogP contribution >= 0.6 is 23.4 Å². The van der Waals surface area contributed by atoms with Crippen LogP contribution in [-0.2, 0) is 18.4 Å². The van der Waals surface area contributed by atoms with Crippen molar-refractivity contribution in [3.8, 4) is 5.75 Å². The number of halogens is 1. The molecule has 0 bridgehead atoms. The molecule has 0 spiro atoms. The summed E-state index contributed by atoms with van der Waals surface area (Å²) in [6, 6.07) is 7.46. The van der Waals surface area contributed by atoms with Crippen LogP contribution in [0, 0.1) is 11.8 Å². The molecule has 0 aliphatic heterocycles. The van der Waals surface area contributed by atoms with Gasteiger partial charge in [0, 0.05) is 18.1 Å². The average Bonchev–Trinajstić information content (AvgIpc) is 3.03. The van der Waals surface area contributed by atoms with Crippen LogP contribution < -0.4 is 10.1 Å². The number of nitrogens with zero attached hydrogens (tertiary/aromatic N) is 3. The van der Waals surface area contributed by atoms with E-state index in [1.807, 2.05) is 23.7 Å². The zero-order valence-corrected chi connectivity index (χ0v) is 18.1. The molecule has 8 heteroatoms. The van der Waals surface area contributed by atoms with Crippen molar-refractivity contribution in [2.24, 2.45) is 18.9 Å². The van der Waals surface area contributed by atoms with Crippen molar-refractivity contribution in [3.63, 3.8) is 0 Å². The first-order chi connectivity index (χ1) is 13.4. The highest BCUT2D eigenvalue weighted by Gasteiger charge is 2.28. The van der Waals surface area contributed by atoms with Crippen LogP contribution in [0.5, 0.6) is 5.75 Å². The van der Waals surface area contributed by atoms with E-state index in [9.17, 15) is 4.79 Å². The predicted molar refractivity (Wildman–Crippen MR) is 112 cm³/mol. The average molecular weight is 423 g/mol. The molecule has 1 saturated carbocycles. The van der Waals surface area contributed by atoms with Gasteiger partial charge in [-0.2, -0.15) is 0 Å². The van der Waals surface area contributed by atoms with Crippen LogP contribution in [0.1, 0.15) is 38.9 Å². The second-order valence-corrected chi connectivity index (χ2v) is 8.81. The minimum atomic E-state index is 0.0536. The third-order valence-electron chi connectivity index (χ3n) is 5.49. The fourth-order valence-electron chi connectivity index (χ4n) is 3.44. The van der Waals surface area contributed by atoms with Crippen molar-refractivity contribution in [2.45, 2.75) is 50.9 Å². The number of ether oxygens (including phenoxy) is 1. The van der Waals surface area contributed by atoms with E-state index < -0.39 is 0 Å². The largest absolute Gasteiger partial charge is 0.486 e. The van der Waals surface area contributed by atoms with Gasteiger partial charge in [-0.05, 0) is 42.5 Å². The molecular weight excluding hydrogens is 396 g/mol. The molecule has 3 rings (SSSR count). The summed E-state index contributed by atoms with van der Waals surface area (Å²) in [4.78, 5) is 12.4. The number of rotatable bonds is 7. The molecule has 1 fully saturated rings. The van der Waals surface area contributed by atoms with E-state index in [2.05, 4.69) is 29.4 Å². The van der Waals surface area contributed by atoms with Gasteiger partial charge in [0.15, 0.2) is 11.0 Å². The van der Waals surface area contributed by atoms with Gasteiger partial charge in [0.05, 0.1) is 5.75 Å². The summed E-state index contributed by atoms with van der Waals surface area (Å²) in [5.74, 6) is 2.99. The van der Waals surface area contributed by atoms with Crippen LogP contribution in [0.3, 0.4) is 0 Å². The maximum absolute atomic E-state index is 12.4. The second-order valence-electron chi connectivity index (χ2n) is 7.43. The molecule has 0 unspecified atom stereocenters. The van der Waals surface area contributed by atoms with E-state index >= 15 is 0 Å². The number of thioether (sulfide) groups is 1. The monoisotopic (exact) mass is 422 g/mol. The van der Waals surface area contributed by atoms with E-state index in [1.54, 1.807) is 12.1 Å². The lowest BCUT2D eigenvalue weighted by atomic mass is 9.78. The summed E-state index contributed by atoms with van der Waals surface area (Å²) in [5.41, 5.74) is 0. The van der Waals surface area contributed by atoms with Crippen LogP contribution in [0.15, 0.2) is 29.4 Å². The molecule has 1 heterocycles. The Hall–Kier alpha value is -1.73. The van der Waals surface area contributed by atoms with Crippen LogP contribution in [-0.4, -0.2) is 32.5 Å². The van der Waals surface area contributed by atoms with Crippen molar-refractivity contribution in [1.29, 1.82) is 0 Å². The Kier molecular flexibility index (Phi) is 7.24. The first-order valence-electron chi connectivity index (χ1n) is 9.63. The van der Waals surface area contributed by atoms with Crippen LogP contribution in [0.25, 0.3) is 0 Å². The molecule has 1 N–H and O–H groups in total. The molecule has 6 nitrogen and oxygen atoms in total. The third-order valence-corrected chi connectivity index (χ3v) is 6.76. The van der Waals surface area contributed by atoms with E-state index in [0.29, 0.717) is 40.2 Å². The summed E-state index contributed by atoms with van der Waals surface area (Å²) in [5, 5.41) is 12.9. The fourth-order valence-corrected chi connectivity index (χ4v) is 4.31. The predicted octanol–water partition coefficient (Wildman–Crippen LogP) is 4.08. The van der Waals surface area contributed by atoms with Gasteiger partial charge in [-0.15, -0.1) is 10.2 Å². The number of hydrogen-bond acceptors (Lipinski definition) is 5. The maximum Gasteiger partial charge on any atom is 0.230 e. The molecule has 3 atom stereocenters.